The molecule has 5 nitrogen and oxygen atoms in total. The number of rotatable bonds is 4. The van der Waals surface area contributed by atoms with E-state index in [0.717, 1.165) is 19.1 Å². The zero-order chi connectivity index (χ0) is 17.3. The van der Waals surface area contributed by atoms with Gasteiger partial charge in [-0.2, -0.15) is 0 Å². The van der Waals surface area contributed by atoms with Gasteiger partial charge >= 0.3 is 0 Å². The Bertz CT molecular complexity index is 872. The highest BCUT2D eigenvalue weighted by Gasteiger charge is 2.20. The van der Waals surface area contributed by atoms with Crippen molar-refractivity contribution >= 4 is 38.6 Å². The lowest BCUT2D eigenvalue weighted by Gasteiger charge is -2.16. The summed E-state index contributed by atoms with van der Waals surface area (Å²) in [6.45, 7) is 2.24. The molecule has 1 atom stereocenters. The van der Waals surface area contributed by atoms with E-state index in [1.54, 1.807) is 35.6 Å². The van der Waals surface area contributed by atoms with Gasteiger partial charge in [0.2, 0.25) is 10.0 Å². The number of hydrogen-bond donors (Lipinski definition) is 2. The molecular weight excluding hydrogens is 344 g/mol. The SMILES string of the molecule is CC1CCc2sc(C(=O)Nc3cccc(NS(C)(=O)=O)c3)cc2C1. The molecule has 0 saturated carbocycles. The van der Waals surface area contributed by atoms with Gasteiger partial charge in [0, 0.05) is 10.6 Å². The maximum absolute atomic E-state index is 12.5. The Labute approximate surface area is 146 Å². The Hall–Kier alpha value is -1.86. The minimum Gasteiger partial charge on any atom is -0.321 e. The minimum absolute atomic E-state index is 0.154. The molecule has 1 aliphatic carbocycles. The zero-order valence-corrected chi connectivity index (χ0v) is 15.3. The topological polar surface area (TPSA) is 75.3 Å². The number of benzene rings is 1. The highest BCUT2D eigenvalue weighted by molar-refractivity contribution is 7.92. The molecule has 1 unspecified atom stereocenters. The number of anilines is 2. The van der Waals surface area contributed by atoms with Gasteiger partial charge in [0.1, 0.15) is 0 Å². The molecule has 1 aliphatic rings. The molecule has 0 radical (unpaired) electrons. The number of thiophene rings is 1. The van der Waals surface area contributed by atoms with Crippen molar-refractivity contribution in [1.29, 1.82) is 0 Å². The molecule has 1 amide bonds. The first-order valence-corrected chi connectivity index (χ1v) is 10.5. The molecule has 1 aromatic heterocycles. The van der Waals surface area contributed by atoms with E-state index in [4.69, 9.17) is 0 Å². The van der Waals surface area contributed by atoms with E-state index in [9.17, 15) is 13.2 Å². The van der Waals surface area contributed by atoms with Gasteiger partial charge in [0.15, 0.2) is 0 Å². The summed E-state index contributed by atoms with van der Waals surface area (Å²) in [6, 6.07) is 8.67. The molecule has 0 fully saturated rings. The van der Waals surface area contributed by atoms with Crippen molar-refractivity contribution in [2.24, 2.45) is 5.92 Å². The van der Waals surface area contributed by atoms with Gasteiger partial charge in [-0.25, -0.2) is 8.42 Å². The van der Waals surface area contributed by atoms with Gasteiger partial charge in [-0.05, 0) is 55.0 Å². The van der Waals surface area contributed by atoms with E-state index >= 15 is 0 Å². The third-order valence-electron chi connectivity index (χ3n) is 3.98. The van der Waals surface area contributed by atoms with Crippen LogP contribution in [0.2, 0.25) is 0 Å². The Balaban J connectivity index is 1.74. The predicted molar refractivity (Wildman–Crippen MR) is 98.4 cm³/mol. The van der Waals surface area contributed by atoms with Crippen LogP contribution in [0.1, 0.15) is 33.5 Å². The van der Waals surface area contributed by atoms with Crippen LogP contribution in [-0.2, 0) is 22.9 Å². The molecule has 0 aliphatic heterocycles. The Morgan fingerprint density at radius 2 is 2.00 bits per heavy atom. The number of carbonyl (C=O) groups excluding carboxylic acids is 1. The molecular formula is C17H20N2O3S2. The molecule has 0 bridgehead atoms. The quantitative estimate of drug-likeness (QED) is 0.872. The van der Waals surface area contributed by atoms with Crippen LogP contribution >= 0.6 is 11.3 Å². The van der Waals surface area contributed by atoms with E-state index < -0.39 is 10.0 Å². The number of fused-ring (bicyclic) bond motifs is 1. The van der Waals surface area contributed by atoms with Crippen molar-refractivity contribution in [3.05, 3.63) is 45.6 Å². The Kier molecular flexibility index (Phi) is 4.64. The summed E-state index contributed by atoms with van der Waals surface area (Å²) in [5, 5.41) is 2.84. The number of nitrogens with one attached hydrogen (secondary N) is 2. The van der Waals surface area contributed by atoms with Crippen LogP contribution in [0.4, 0.5) is 11.4 Å². The summed E-state index contributed by atoms with van der Waals surface area (Å²) in [4.78, 5) is 14.5. The second-order valence-electron chi connectivity index (χ2n) is 6.32. The molecule has 0 saturated heterocycles. The monoisotopic (exact) mass is 364 g/mol. The first-order valence-electron chi connectivity index (χ1n) is 7.81. The van der Waals surface area contributed by atoms with E-state index in [1.807, 2.05) is 6.07 Å². The van der Waals surface area contributed by atoms with Gasteiger partial charge in [-0.15, -0.1) is 11.3 Å². The van der Waals surface area contributed by atoms with Crippen LogP contribution in [-0.4, -0.2) is 20.6 Å². The fourth-order valence-corrected chi connectivity index (χ4v) is 4.54. The molecule has 128 valence electrons. The van der Waals surface area contributed by atoms with Gasteiger partial charge in [-0.3, -0.25) is 9.52 Å². The van der Waals surface area contributed by atoms with Crippen molar-refractivity contribution in [1.82, 2.24) is 0 Å². The molecule has 3 rings (SSSR count). The highest BCUT2D eigenvalue weighted by atomic mass is 32.2. The molecule has 2 aromatic rings. The molecule has 0 spiro atoms. The van der Waals surface area contributed by atoms with Crippen molar-refractivity contribution in [3.8, 4) is 0 Å². The number of hydrogen-bond acceptors (Lipinski definition) is 4. The maximum atomic E-state index is 12.5. The van der Waals surface area contributed by atoms with E-state index in [2.05, 4.69) is 17.0 Å². The number of sulfonamides is 1. The number of carbonyl (C=O) groups is 1. The van der Waals surface area contributed by atoms with Crippen molar-refractivity contribution in [3.63, 3.8) is 0 Å². The lowest BCUT2D eigenvalue weighted by Crippen LogP contribution is -2.12. The average molecular weight is 364 g/mol. The van der Waals surface area contributed by atoms with Crippen molar-refractivity contribution in [2.75, 3.05) is 16.3 Å². The van der Waals surface area contributed by atoms with E-state index in [0.29, 0.717) is 22.2 Å². The van der Waals surface area contributed by atoms with Gasteiger partial charge < -0.3 is 5.32 Å². The fourth-order valence-electron chi connectivity index (χ4n) is 2.88. The molecule has 7 heteroatoms. The van der Waals surface area contributed by atoms with Crippen LogP contribution in [0.3, 0.4) is 0 Å². The third-order valence-corrected chi connectivity index (χ3v) is 5.82. The van der Waals surface area contributed by atoms with E-state index in [-0.39, 0.29) is 5.91 Å². The highest BCUT2D eigenvalue weighted by Crippen LogP contribution is 2.32. The normalized spacial score (nSPS) is 17.2. The predicted octanol–water partition coefficient (Wildman–Crippen LogP) is 3.50. The molecule has 1 heterocycles. The summed E-state index contributed by atoms with van der Waals surface area (Å²) in [5.41, 5.74) is 2.28. The Morgan fingerprint density at radius 3 is 2.75 bits per heavy atom. The van der Waals surface area contributed by atoms with Crippen LogP contribution in [0, 0.1) is 5.92 Å². The summed E-state index contributed by atoms with van der Waals surface area (Å²) >= 11 is 1.56. The fraction of sp³-hybridized carbons (Fsp3) is 0.353. The summed E-state index contributed by atoms with van der Waals surface area (Å²) in [7, 11) is -3.34. The standard InChI is InChI=1S/C17H20N2O3S2/c1-11-6-7-15-12(8-11)9-16(23-15)17(20)18-13-4-3-5-14(10-13)19-24(2,21)22/h3-5,9-11,19H,6-8H2,1-2H3,(H,18,20). The van der Waals surface area contributed by atoms with E-state index in [1.165, 1.54) is 16.9 Å². The van der Waals surface area contributed by atoms with Gasteiger partial charge in [-0.1, -0.05) is 13.0 Å². The lowest BCUT2D eigenvalue weighted by atomic mass is 9.90. The first-order chi connectivity index (χ1) is 11.3. The van der Waals surface area contributed by atoms with Crippen LogP contribution in [0.25, 0.3) is 0 Å². The maximum Gasteiger partial charge on any atom is 0.265 e. The van der Waals surface area contributed by atoms with Crippen molar-refractivity contribution < 1.29 is 13.2 Å². The van der Waals surface area contributed by atoms with Crippen LogP contribution in [0.5, 0.6) is 0 Å². The second-order valence-corrected chi connectivity index (χ2v) is 9.20. The minimum atomic E-state index is -3.34. The second kappa shape index (κ2) is 6.57. The first kappa shape index (κ1) is 17.0. The third kappa shape index (κ3) is 4.15. The van der Waals surface area contributed by atoms with Crippen LogP contribution < -0.4 is 10.0 Å². The summed E-state index contributed by atoms with van der Waals surface area (Å²) in [5.74, 6) is 0.514. The molecule has 1 aromatic carbocycles. The zero-order valence-electron chi connectivity index (χ0n) is 13.6. The smallest absolute Gasteiger partial charge is 0.265 e. The van der Waals surface area contributed by atoms with Crippen LogP contribution in [0.15, 0.2) is 30.3 Å². The average Bonchev–Trinajstić information content (AvgIpc) is 2.89. The number of amides is 1. The largest absolute Gasteiger partial charge is 0.321 e. The van der Waals surface area contributed by atoms with Gasteiger partial charge in [0.05, 0.1) is 16.8 Å². The molecule has 24 heavy (non-hydrogen) atoms. The Morgan fingerprint density at radius 1 is 1.25 bits per heavy atom. The van der Waals surface area contributed by atoms with Crippen molar-refractivity contribution in [2.45, 2.75) is 26.2 Å². The number of aryl methyl sites for hydroxylation is 1. The lowest BCUT2D eigenvalue weighted by molar-refractivity contribution is 0.103. The van der Waals surface area contributed by atoms with Gasteiger partial charge in [0.25, 0.3) is 5.91 Å². The summed E-state index contributed by atoms with van der Waals surface area (Å²) < 4.78 is 25.0. The molecule has 2 N–H and O–H groups in total. The summed E-state index contributed by atoms with van der Waals surface area (Å²) in [6.07, 6.45) is 4.35.